The Morgan fingerprint density at radius 3 is 2.60 bits per heavy atom. The van der Waals surface area contributed by atoms with Gasteiger partial charge in [-0.15, -0.1) is 0 Å². The van der Waals surface area contributed by atoms with E-state index in [2.05, 4.69) is 23.3 Å². The van der Waals surface area contributed by atoms with Gasteiger partial charge in [0.2, 0.25) is 0 Å². The Kier molecular flexibility index (Phi) is 6.31. The van der Waals surface area contributed by atoms with E-state index in [1.165, 1.54) is 50.5 Å². The molecule has 1 heterocycles. The summed E-state index contributed by atoms with van der Waals surface area (Å²) in [5, 5.41) is 3.72. The molecule has 0 amide bonds. The van der Waals surface area contributed by atoms with Crippen molar-refractivity contribution in [1.29, 1.82) is 0 Å². The van der Waals surface area contributed by atoms with Crippen LogP contribution in [0.15, 0.2) is 18.3 Å². The third-order valence-corrected chi connectivity index (χ3v) is 4.44. The van der Waals surface area contributed by atoms with Gasteiger partial charge in [-0.25, -0.2) is 4.98 Å². The van der Waals surface area contributed by atoms with Gasteiger partial charge in [0, 0.05) is 17.8 Å². The summed E-state index contributed by atoms with van der Waals surface area (Å²) >= 11 is 0. The second-order valence-electron chi connectivity index (χ2n) is 6.01. The van der Waals surface area contributed by atoms with Crippen LogP contribution in [0.1, 0.15) is 69.9 Å². The molecule has 0 aliphatic heterocycles. The molecule has 1 saturated carbocycles. The maximum absolute atomic E-state index is 6.12. The Bertz CT molecular complexity index is 384. The lowest BCUT2D eigenvalue weighted by atomic mass is 9.83. The predicted octanol–water partition coefficient (Wildman–Crippen LogP) is 4.07. The van der Waals surface area contributed by atoms with Crippen LogP contribution in [-0.2, 0) is 0 Å². The van der Waals surface area contributed by atoms with Crippen molar-refractivity contribution in [3.63, 3.8) is 0 Å². The van der Waals surface area contributed by atoms with Gasteiger partial charge in [-0.05, 0) is 37.8 Å². The van der Waals surface area contributed by atoms with Gasteiger partial charge in [0.05, 0.1) is 0 Å². The first kappa shape index (κ1) is 15.3. The van der Waals surface area contributed by atoms with Crippen molar-refractivity contribution in [2.24, 2.45) is 5.92 Å². The molecule has 1 aromatic heterocycles. The van der Waals surface area contributed by atoms with E-state index in [1.54, 1.807) is 6.20 Å². The summed E-state index contributed by atoms with van der Waals surface area (Å²) in [5.74, 6) is 1.40. The summed E-state index contributed by atoms with van der Waals surface area (Å²) in [6.07, 6.45) is 12.5. The Labute approximate surface area is 123 Å². The summed E-state index contributed by atoms with van der Waals surface area (Å²) in [4.78, 5) is 4.28. The Balaban J connectivity index is 2.14. The normalized spacial score (nSPS) is 19.2. The minimum atomic E-state index is 0.377. The molecule has 1 atom stereocenters. The lowest BCUT2D eigenvalue weighted by Gasteiger charge is -2.30. The number of nitrogens with two attached hydrogens (primary N) is 1. The van der Waals surface area contributed by atoms with Crippen LogP contribution in [0.3, 0.4) is 0 Å². The van der Waals surface area contributed by atoms with E-state index in [0.717, 1.165) is 13.0 Å². The third-order valence-electron chi connectivity index (χ3n) is 4.44. The fourth-order valence-electron chi connectivity index (χ4n) is 3.34. The van der Waals surface area contributed by atoms with E-state index in [0.29, 0.717) is 17.8 Å². The second kappa shape index (κ2) is 8.25. The average Bonchev–Trinajstić information content (AvgIpc) is 2.42. The van der Waals surface area contributed by atoms with Gasteiger partial charge in [0.1, 0.15) is 5.82 Å². The molecule has 0 aromatic carbocycles. The number of nitrogens with zero attached hydrogens (tertiary/aromatic N) is 1. The third kappa shape index (κ3) is 4.20. The fraction of sp³-hybridized carbons (Fsp3) is 0.706. The Morgan fingerprint density at radius 1 is 1.25 bits per heavy atom. The standard InChI is InChI=1S/C17H29N3/c1-2-12-19-16(15-11-8-13-20-17(15)18)14-9-6-4-3-5-7-10-14/h8,11,13-14,16,19H,2-7,9-10,12H2,1H3,(H2,18,20). The van der Waals surface area contributed by atoms with Crippen LogP contribution >= 0.6 is 0 Å². The maximum Gasteiger partial charge on any atom is 0.128 e. The smallest absolute Gasteiger partial charge is 0.128 e. The minimum Gasteiger partial charge on any atom is -0.383 e. The number of rotatable bonds is 5. The van der Waals surface area contributed by atoms with Crippen molar-refractivity contribution in [3.05, 3.63) is 23.9 Å². The monoisotopic (exact) mass is 275 g/mol. The van der Waals surface area contributed by atoms with Gasteiger partial charge in [-0.3, -0.25) is 0 Å². The van der Waals surface area contributed by atoms with E-state index in [4.69, 9.17) is 5.73 Å². The SMILES string of the molecule is CCCNC(c1cccnc1N)C1CCCCCCC1. The predicted molar refractivity (Wildman–Crippen MR) is 85.5 cm³/mol. The van der Waals surface area contributed by atoms with Crippen LogP contribution in [0, 0.1) is 5.92 Å². The van der Waals surface area contributed by atoms with Crippen LogP contribution in [-0.4, -0.2) is 11.5 Å². The van der Waals surface area contributed by atoms with Gasteiger partial charge < -0.3 is 11.1 Å². The first-order chi connectivity index (χ1) is 9.83. The van der Waals surface area contributed by atoms with Crippen molar-refractivity contribution >= 4 is 5.82 Å². The van der Waals surface area contributed by atoms with Gasteiger partial charge in [0.15, 0.2) is 0 Å². The fourth-order valence-corrected chi connectivity index (χ4v) is 3.34. The largest absolute Gasteiger partial charge is 0.383 e. The topological polar surface area (TPSA) is 50.9 Å². The molecule has 3 N–H and O–H groups in total. The number of nitrogens with one attached hydrogen (secondary N) is 1. The van der Waals surface area contributed by atoms with Gasteiger partial charge >= 0.3 is 0 Å². The lowest BCUT2D eigenvalue weighted by Crippen LogP contribution is -2.30. The summed E-state index contributed by atoms with van der Waals surface area (Å²) in [5.41, 5.74) is 7.32. The number of nitrogen functional groups attached to an aromatic ring is 1. The molecule has 1 aliphatic carbocycles. The van der Waals surface area contributed by atoms with Gasteiger partial charge in [-0.1, -0.05) is 45.1 Å². The highest BCUT2D eigenvalue weighted by atomic mass is 14.9. The van der Waals surface area contributed by atoms with Gasteiger partial charge in [0.25, 0.3) is 0 Å². The van der Waals surface area contributed by atoms with Crippen molar-refractivity contribution < 1.29 is 0 Å². The first-order valence-electron chi connectivity index (χ1n) is 8.26. The summed E-state index contributed by atoms with van der Waals surface area (Å²) < 4.78 is 0. The summed E-state index contributed by atoms with van der Waals surface area (Å²) in [7, 11) is 0. The maximum atomic E-state index is 6.12. The molecule has 0 bridgehead atoms. The molecule has 1 unspecified atom stereocenters. The number of anilines is 1. The van der Waals surface area contributed by atoms with Crippen molar-refractivity contribution in [2.75, 3.05) is 12.3 Å². The van der Waals surface area contributed by atoms with Crippen LogP contribution in [0.25, 0.3) is 0 Å². The summed E-state index contributed by atoms with van der Waals surface area (Å²) in [6, 6.07) is 4.53. The number of hydrogen-bond donors (Lipinski definition) is 2. The number of aromatic nitrogens is 1. The number of pyridine rings is 1. The highest BCUT2D eigenvalue weighted by Crippen LogP contribution is 2.34. The van der Waals surface area contributed by atoms with Crippen LogP contribution in [0.5, 0.6) is 0 Å². The van der Waals surface area contributed by atoms with Crippen molar-refractivity contribution in [1.82, 2.24) is 10.3 Å². The lowest BCUT2D eigenvalue weighted by molar-refractivity contribution is 0.289. The molecule has 20 heavy (non-hydrogen) atoms. The van der Waals surface area contributed by atoms with Gasteiger partial charge in [-0.2, -0.15) is 0 Å². The van der Waals surface area contributed by atoms with E-state index in [-0.39, 0.29) is 0 Å². The molecular weight excluding hydrogens is 246 g/mol. The molecule has 3 heteroatoms. The highest BCUT2D eigenvalue weighted by molar-refractivity contribution is 5.41. The molecule has 1 fully saturated rings. The quantitative estimate of drug-likeness (QED) is 0.852. The summed E-state index contributed by atoms with van der Waals surface area (Å²) in [6.45, 7) is 3.27. The molecule has 0 saturated heterocycles. The molecule has 0 radical (unpaired) electrons. The van der Waals surface area contributed by atoms with Crippen molar-refractivity contribution in [2.45, 2.75) is 64.3 Å². The zero-order chi connectivity index (χ0) is 14.2. The van der Waals surface area contributed by atoms with Crippen LogP contribution in [0.2, 0.25) is 0 Å². The average molecular weight is 275 g/mol. The Hall–Kier alpha value is -1.09. The molecular formula is C17H29N3. The van der Waals surface area contributed by atoms with Crippen LogP contribution in [0.4, 0.5) is 5.82 Å². The van der Waals surface area contributed by atoms with E-state index < -0.39 is 0 Å². The van der Waals surface area contributed by atoms with Crippen LogP contribution < -0.4 is 11.1 Å². The highest BCUT2D eigenvalue weighted by Gasteiger charge is 2.24. The van der Waals surface area contributed by atoms with Crippen molar-refractivity contribution in [3.8, 4) is 0 Å². The molecule has 1 aliphatic rings. The zero-order valence-electron chi connectivity index (χ0n) is 12.8. The molecule has 2 rings (SSSR count). The van der Waals surface area contributed by atoms with E-state index >= 15 is 0 Å². The first-order valence-corrected chi connectivity index (χ1v) is 8.26. The number of hydrogen-bond acceptors (Lipinski definition) is 3. The molecule has 3 nitrogen and oxygen atoms in total. The second-order valence-corrected chi connectivity index (χ2v) is 6.01. The van der Waals surface area contributed by atoms with E-state index in [1.807, 2.05) is 6.07 Å². The van der Waals surface area contributed by atoms with E-state index in [9.17, 15) is 0 Å². The molecule has 0 spiro atoms. The molecule has 1 aromatic rings. The molecule has 112 valence electrons. The Morgan fingerprint density at radius 2 is 1.95 bits per heavy atom. The zero-order valence-corrected chi connectivity index (χ0v) is 12.8. The minimum absolute atomic E-state index is 0.377.